The maximum atomic E-state index is 11.1. The van der Waals surface area contributed by atoms with Crippen LogP contribution >= 0.6 is 25.8 Å². The molecule has 0 radical (unpaired) electrons. The molecule has 0 bridgehead atoms. The third kappa shape index (κ3) is 17.7. The predicted octanol–water partition coefficient (Wildman–Crippen LogP) is 3.32. The minimum atomic E-state index is -1.23. The summed E-state index contributed by atoms with van der Waals surface area (Å²) < 4.78 is 23.7. The van der Waals surface area contributed by atoms with Gasteiger partial charge in [-0.25, -0.2) is 0 Å². The van der Waals surface area contributed by atoms with Gasteiger partial charge in [0.25, 0.3) is 17.1 Å². The average molecular weight is 598 g/mol. The molecule has 0 aromatic heterocycles. The SMILES string of the molecule is CC.CCCC.COP(OC)N(CCc1ccc(PN/N=C/c2ccc([O-])cc2)cc1)P(OC)OC.[K+]. The Hall–Kier alpha value is 0.436. The van der Waals surface area contributed by atoms with Crippen molar-refractivity contribution in [3.05, 3.63) is 59.7 Å². The quantitative estimate of drug-likeness (QED) is 0.155. The van der Waals surface area contributed by atoms with Gasteiger partial charge in [0.2, 0.25) is 0 Å². The summed E-state index contributed by atoms with van der Waals surface area (Å²) in [4.78, 5) is 0. The molecule has 2 aromatic carbocycles. The summed E-state index contributed by atoms with van der Waals surface area (Å²) in [6.07, 6.45) is 5.14. The van der Waals surface area contributed by atoms with Crippen molar-refractivity contribution in [1.29, 1.82) is 0 Å². The first kappa shape index (κ1) is 39.6. The number of nitrogens with zero attached hydrogens (tertiary/aromatic N) is 2. The summed E-state index contributed by atoms with van der Waals surface area (Å²) in [6.45, 7) is 9.05. The molecule has 1 atom stereocenters. The summed E-state index contributed by atoms with van der Waals surface area (Å²) >= 11 is 0. The smallest absolute Gasteiger partial charge is 0.872 e. The Labute approximate surface area is 271 Å². The van der Waals surface area contributed by atoms with Gasteiger partial charge in [-0.3, -0.25) is 5.20 Å². The number of unbranched alkanes of at least 4 members (excludes halogenated alkanes) is 1. The van der Waals surface area contributed by atoms with Crippen LogP contribution < -0.4 is 67.0 Å². The van der Waals surface area contributed by atoms with E-state index in [1.54, 1.807) is 46.8 Å². The Balaban J connectivity index is 0. The maximum Gasteiger partial charge on any atom is 1.00 e. The van der Waals surface area contributed by atoms with Crippen molar-refractivity contribution < 1.29 is 74.6 Å². The van der Waals surface area contributed by atoms with Crippen molar-refractivity contribution in [1.82, 2.24) is 9.64 Å². The molecule has 0 aliphatic heterocycles. The molecule has 0 aliphatic carbocycles. The summed E-state index contributed by atoms with van der Waals surface area (Å²) in [7, 11) is 4.34. The summed E-state index contributed by atoms with van der Waals surface area (Å²) in [5.41, 5.74) is 2.07. The van der Waals surface area contributed by atoms with E-state index in [0.29, 0.717) is 15.3 Å². The van der Waals surface area contributed by atoms with Crippen LogP contribution in [-0.2, 0) is 24.5 Å². The first-order valence-corrected chi connectivity index (χ1v) is 15.2. The van der Waals surface area contributed by atoms with Gasteiger partial charge < -0.3 is 23.2 Å². The van der Waals surface area contributed by atoms with Gasteiger partial charge in [-0.15, -0.1) is 5.75 Å². The Kier molecular flexibility index (Phi) is 28.5. The molecule has 0 saturated heterocycles. The number of hydrogen-bond acceptors (Lipinski definition) is 8. The molecule has 0 heterocycles. The van der Waals surface area contributed by atoms with Gasteiger partial charge in [-0.05, 0) is 22.9 Å². The summed E-state index contributed by atoms with van der Waals surface area (Å²) in [6, 6.07) is 14.9. The Morgan fingerprint density at radius 1 is 0.865 bits per heavy atom. The standard InChI is InChI=1S/C19H28N3O5P3.C4H10.C2H6.K/c1-24-29(25-2)22(30(26-3)27-4)14-13-16-7-11-19(12-8-16)28-21-20-15-17-5-9-18(23)10-6-17;1-3-4-2;1-2;/h5-12,15,21,23,28H,13-14H2,1-4H3;3-4H2,1-2H3;1-2H3;/q;;;+1/p-1/b20-15+;;;. The second-order valence-electron chi connectivity index (χ2n) is 6.81. The molecule has 0 aliphatic rings. The van der Waals surface area contributed by atoms with Gasteiger partial charge in [0.15, 0.2) is 0 Å². The fraction of sp³-hybridized carbons (Fsp3) is 0.480. The van der Waals surface area contributed by atoms with Crippen LogP contribution in [0.4, 0.5) is 0 Å². The van der Waals surface area contributed by atoms with Crippen molar-refractivity contribution in [3.63, 3.8) is 0 Å². The van der Waals surface area contributed by atoms with Crippen molar-refractivity contribution in [3.8, 4) is 5.75 Å². The third-order valence-electron chi connectivity index (χ3n) is 4.41. The number of rotatable bonds is 14. The van der Waals surface area contributed by atoms with Gasteiger partial charge in [0.05, 0.1) is 6.21 Å². The zero-order chi connectivity index (χ0) is 27.2. The Morgan fingerprint density at radius 3 is 1.78 bits per heavy atom. The maximum absolute atomic E-state index is 11.1. The normalized spacial score (nSPS) is 10.9. The van der Waals surface area contributed by atoms with E-state index in [2.05, 4.69) is 48.4 Å². The van der Waals surface area contributed by atoms with Crippen molar-refractivity contribution in [2.24, 2.45) is 5.10 Å². The van der Waals surface area contributed by atoms with E-state index in [0.717, 1.165) is 17.3 Å². The second kappa shape index (κ2) is 26.6. The fourth-order valence-electron chi connectivity index (χ4n) is 2.49. The van der Waals surface area contributed by atoms with Crippen LogP contribution in [0.3, 0.4) is 0 Å². The first-order valence-electron chi connectivity index (χ1n) is 12.0. The van der Waals surface area contributed by atoms with Crippen LogP contribution in [0.25, 0.3) is 0 Å². The molecule has 204 valence electrons. The Bertz CT molecular complexity index is 783. The monoisotopic (exact) mass is 597 g/mol. The van der Waals surface area contributed by atoms with Gasteiger partial charge >= 0.3 is 51.4 Å². The molecule has 12 heteroatoms. The minimum absolute atomic E-state index is 0. The molecule has 2 aromatic rings. The summed E-state index contributed by atoms with van der Waals surface area (Å²) in [5.74, 6) is -0.00713. The van der Waals surface area contributed by atoms with Crippen LogP contribution in [0.2, 0.25) is 0 Å². The third-order valence-corrected chi connectivity index (χ3v) is 8.56. The zero-order valence-corrected chi connectivity index (χ0v) is 29.8. The van der Waals surface area contributed by atoms with Crippen LogP contribution in [0.1, 0.15) is 51.7 Å². The molecule has 8 nitrogen and oxygen atoms in total. The molecular weight excluding hydrogens is 554 g/mol. The molecule has 1 unspecified atom stereocenters. The van der Waals surface area contributed by atoms with Crippen LogP contribution in [0.5, 0.6) is 5.75 Å². The van der Waals surface area contributed by atoms with E-state index >= 15 is 0 Å². The van der Waals surface area contributed by atoms with E-state index in [9.17, 15) is 5.11 Å². The molecule has 1 N–H and O–H groups in total. The van der Waals surface area contributed by atoms with Crippen LogP contribution in [-0.4, -0.2) is 45.6 Å². The molecule has 2 rings (SSSR count). The van der Waals surface area contributed by atoms with Crippen molar-refractivity contribution in [2.45, 2.75) is 47.0 Å². The summed E-state index contributed by atoms with van der Waals surface area (Å²) in [5, 5.41) is 19.5. The van der Waals surface area contributed by atoms with Gasteiger partial charge in [0.1, 0.15) is 0 Å². The number of hydrazone groups is 1. The number of hydrogen-bond donors (Lipinski definition) is 1. The zero-order valence-electron chi connectivity index (χ0n) is 23.9. The minimum Gasteiger partial charge on any atom is -0.872 e. The fourth-order valence-corrected chi connectivity index (χ4v) is 6.01. The predicted molar refractivity (Wildman–Crippen MR) is 155 cm³/mol. The second-order valence-corrected chi connectivity index (χ2v) is 11.6. The van der Waals surface area contributed by atoms with E-state index < -0.39 is 17.1 Å². The van der Waals surface area contributed by atoms with Gasteiger partial charge in [-0.2, -0.15) is 9.54 Å². The Morgan fingerprint density at radius 2 is 1.35 bits per heavy atom. The number of nitrogens with one attached hydrogen (secondary N) is 1. The van der Waals surface area contributed by atoms with Crippen molar-refractivity contribution >= 4 is 37.3 Å². The molecule has 37 heavy (non-hydrogen) atoms. The van der Waals surface area contributed by atoms with Crippen LogP contribution in [0.15, 0.2) is 53.6 Å². The molecule has 0 fully saturated rings. The molecule has 0 spiro atoms. The van der Waals surface area contributed by atoms with Gasteiger partial charge in [0, 0.05) is 43.7 Å². The molecule has 0 saturated carbocycles. The average Bonchev–Trinajstić information content (AvgIpc) is 2.93. The van der Waals surface area contributed by atoms with Crippen LogP contribution in [0, 0.1) is 0 Å². The van der Waals surface area contributed by atoms with E-state index in [1.165, 1.54) is 30.5 Å². The van der Waals surface area contributed by atoms with E-state index in [1.807, 2.05) is 18.3 Å². The van der Waals surface area contributed by atoms with E-state index in [-0.39, 0.29) is 57.1 Å². The molecular formula is C25H43KN3O5P3. The first-order chi connectivity index (χ1) is 17.5. The topological polar surface area (TPSA) is 87.6 Å². The molecule has 0 amide bonds. The van der Waals surface area contributed by atoms with Gasteiger partial charge in [-0.1, -0.05) is 89.1 Å². The number of benzene rings is 2. The van der Waals surface area contributed by atoms with E-state index in [4.69, 9.17) is 18.1 Å². The van der Waals surface area contributed by atoms with Crippen molar-refractivity contribution in [2.75, 3.05) is 35.0 Å². The largest absolute Gasteiger partial charge is 1.00 e.